The van der Waals surface area contributed by atoms with Gasteiger partial charge in [0.25, 0.3) is 0 Å². The van der Waals surface area contributed by atoms with Gasteiger partial charge in [-0.05, 0) is 13.0 Å². The number of nitrogens with zero attached hydrogens (tertiary/aromatic N) is 1. The molecule has 0 aliphatic rings. The Balaban J connectivity index is 0. The zero-order valence-corrected chi connectivity index (χ0v) is 18.9. The van der Waals surface area contributed by atoms with Gasteiger partial charge in [-0.2, -0.15) is 0 Å². The third-order valence-corrected chi connectivity index (χ3v) is 4.66. The zero-order valence-electron chi connectivity index (χ0n) is 18.0. The fourth-order valence-electron chi connectivity index (χ4n) is 3.15. The Labute approximate surface area is 172 Å². The van der Waals surface area contributed by atoms with Gasteiger partial charge in [0.1, 0.15) is 0 Å². The Morgan fingerprint density at radius 1 is 0.571 bits per heavy atom. The van der Waals surface area contributed by atoms with Gasteiger partial charge >= 0.3 is 7.82 Å². The Morgan fingerprint density at radius 2 is 0.857 bits per heavy atom. The van der Waals surface area contributed by atoms with Crippen molar-refractivity contribution in [3.05, 3.63) is 0 Å². The molecule has 0 fully saturated rings. The van der Waals surface area contributed by atoms with Gasteiger partial charge in [0, 0.05) is 13.1 Å². The third-order valence-electron chi connectivity index (χ3n) is 4.66. The number of unbranched alkanes of at least 4 members (excludes halogenated alkanes) is 13. The molecule has 0 saturated heterocycles. The third kappa shape index (κ3) is 33.6. The SMILES string of the molecule is CCCCCCCCCCCCCCCCN(CCO)CCO.O=P(O)(O)O. The number of hydrogen-bond acceptors (Lipinski definition) is 4. The van der Waals surface area contributed by atoms with E-state index in [1.807, 2.05) is 0 Å². The van der Waals surface area contributed by atoms with Gasteiger partial charge in [0.05, 0.1) is 13.2 Å². The van der Waals surface area contributed by atoms with Crippen molar-refractivity contribution in [2.45, 2.75) is 96.8 Å². The highest BCUT2D eigenvalue weighted by molar-refractivity contribution is 7.45. The number of phosphoric acid groups is 1. The standard InChI is InChI=1S/C20H43NO2.H3O4P/c1-2-3-4-5-6-7-8-9-10-11-12-13-14-15-16-21(17-19-22)18-20-23;1-5(2,3)4/h22-23H,2-20H2,1H3;(H3,1,2,3,4). The highest BCUT2D eigenvalue weighted by atomic mass is 31.2. The van der Waals surface area contributed by atoms with Crippen LogP contribution in [0.2, 0.25) is 0 Å². The first-order valence-corrected chi connectivity index (χ1v) is 12.6. The van der Waals surface area contributed by atoms with Crippen molar-refractivity contribution in [2.24, 2.45) is 0 Å². The van der Waals surface area contributed by atoms with Crippen LogP contribution < -0.4 is 0 Å². The molecule has 0 heterocycles. The van der Waals surface area contributed by atoms with Gasteiger partial charge in [0.15, 0.2) is 0 Å². The van der Waals surface area contributed by atoms with E-state index >= 15 is 0 Å². The van der Waals surface area contributed by atoms with E-state index in [4.69, 9.17) is 29.5 Å². The fraction of sp³-hybridized carbons (Fsp3) is 1.00. The summed E-state index contributed by atoms with van der Waals surface area (Å²) in [5.74, 6) is 0. The lowest BCUT2D eigenvalue weighted by Crippen LogP contribution is -2.30. The van der Waals surface area contributed by atoms with Crippen LogP contribution in [0.25, 0.3) is 0 Å². The first-order chi connectivity index (χ1) is 13.3. The van der Waals surface area contributed by atoms with Crippen molar-refractivity contribution in [1.82, 2.24) is 4.90 Å². The minimum absolute atomic E-state index is 0.193. The molecule has 0 aromatic heterocycles. The molecule has 28 heavy (non-hydrogen) atoms. The van der Waals surface area contributed by atoms with E-state index in [1.54, 1.807) is 0 Å². The van der Waals surface area contributed by atoms with Crippen LogP contribution in [0.5, 0.6) is 0 Å². The van der Waals surface area contributed by atoms with Gasteiger partial charge in [-0.15, -0.1) is 0 Å². The first kappa shape index (κ1) is 30.2. The van der Waals surface area contributed by atoms with Crippen LogP contribution in [0.3, 0.4) is 0 Å². The molecule has 0 aliphatic carbocycles. The lowest BCUT2D eigenvalue weighted by Gasteiger charge is -2.19. The van der Waals surface area contributed by atoms with E-state index in [9.17, 15) is 0 Å². The number of rotatable bonds is 19. The average molecular weight is 428 g/mol. The van der Waals surface area contributed by atoms with Crippen molar-refractivity contribution >= 4 is 7.82 Å². The molecule has 0 saturated carbocycles. The predicted octanol–water partition coefficient (Wildman–Crippen LogP) is 3.83. The van der Waals surface area contributed by atoms with E-state index in [1.165, 1.54) is 89.9 Å². The van der Waals surface area contributed by atoms with Crippen LogP contribution in [-0.4, -0.2) is 62.6 Å². The molecule has 0 rings (SSSR count). The fourth-order valence-corrected chi connectivity index (χ4v) is 3.15. The van der Waals surface area contributed by atoms with Gasteiger partial charge in [-0.25, -0.2) is 4.57 Å². The second kappa shape index (κ2) is 23.3. The molecule has 0 radical (unpaired) electrons. The molecule has 0 unspecified atom stereocenters. The summed E-state index contributed by atoms with van der Waals surface area (Å²) in [7, 11) is -4.64. The van der Waals surface area contributed by atoms with E-state index < -0.39 is 7.82 Å². The van der Waals surface area contributed by atoms with Gasteiger partial charge in [-0.1, -0.05) is 90.4 Å². The molecule has 172 valence electrons. The molecule has 7 nitrogen and oxygen atoms in total. The molecule has 0 bridgehead atoms. The zero-order chi connectivity index (χ0) is 21.5. The Morgan fingerprint density at radius 3 is 1.14 bits per heavy atom. The van der Waals surface area contributed by atoms with Gasteiger partial charge in [-0.3, -0.25) is 4.90 Å². The summed E-state index contributed by atoms with van der Waals surface area (Å²) in [6.07, 6.45) is 19.4. The van der Waals surface area contributed by atoms with Crippen molar-refractivity contribution in [3.8, 4) is 0 Å². The van der Waals surface area contributed by atoms with Crippen LogP contribution in [0.4, 0.5) is 0 Å². The monoisotopic (exact) mass is 427 g/mol. The molecule has 0 aliphatic heterocycles. The quantitative estimate of drug-likeness (QED) is 0.157. The largest absolute Gasteiger partial charge is 0.466 e. The maximum absolute atomic E-state index is 8.96. The average Bonchev–Trinajstić information content (AvgIpc) is 2.61. The normalized spacial score (nSPS) is 11.5. The van der Waals surface area contributed by atoms with Crippen LogP contribution >= 0.6 is 7.82 Å². The first-order valence-electron chi connectivity index (χ1n) is 11.1. The predicted molar refractivity (Wildman–Crippen MR) is 115 cm³/mol. The van der Waals surface area contributed by atoms with E-state index in [0.717, 1.165) is 6.54 Å². The van der Waals surface area contributed by atoms with Crippen molar-refractivity contribution in [2.75, 3.05) is 32.8 Å². The molecule has 8 heteroatoms. The summed E-state index contributed by atoms with van der Waals surface area (Å²) >= 11 is 0. The molecule has 5 N–H and O–H groups in total. The van der Waals surface area contributed by atoms with E-state index in [2.05, 4.69) is 11.8 Å². The van der Waals surface area contributed by atoms with Crippen LogP contribution in [-0.2, 0) is 4.57 Å². The maximum Gasteiger partial charge on any atom is 0.466 e. The highest BCUT2D eigenvalue weighted by Crippen LogP contribution is 2.25. The van der Waals surface area contributed by atoms with Gasteiger partial charge in [0.2, 0.25) is 0 Å². The summed E-state index contributed by atoms with van der Waals surface area (Å²) in [5, 5.41) is 17.9. The molecular formula is C20H46NO6P. The number of aliphatic hydroxyl groups is 2. The molecular weight excluding hydrogens is 381 g/mol. The molecule has 0 atom stereocenters. The van der Waals surface area contributed by atoms with Crippen molar-refractivity contribution < 1.29 is 29.5 Å². The Hall–Kier alpha value is -0.0100. The number of hydrogen-bond donors (Lipinski definition) is 5. The van der Waals surface area contributed by atoms with Crippen LogP contribution in [0.15, 0.2) is 0 Å². The van der Waals surface area contributed by atoms with Crippen LogP contribution in [0.1, 0.15) is 96.8 Å². The summed E-state index contributed by atoms with van der Waals surface area (Å²) < 4.78 is 8.88. The summed E-state index contributed by atoms with van der Waals surface area (Å²) in [6, 6.07) is 0. The van der Waals surface area contributed by atoms with E-state index in [-0.39, 0.29) is 13.2 Å². The van der Waals surface area contributed by atoms with Gasteiger partial charge < -0.3 is 24.9 Å². The van der Waals surface area contributed by atoms with Crippen molar-refractivity contribution in [3.63, 3.8) is 0 Å². The summed E-state index contributed by atoms with van der Waals surface area (Å²) in [4.78, 5) is 23.7. The smallest absolute Gasteiger partial charge is 0.395 e. The van der Waals surface area contributed by atoms with Crippen LogP contribution in [0, 0.1) is 0 Å². The summed E-state index contributed by atoms with van der Waals surface area (Å²) in [5.41, 5.74) is 0. The Kier molecular flexibility index (Phi) is 25.1. The van der Waals surface area contributed by atoms with E-state index in [0.29, 0.717) is 13.1 Å². The maximum atomic E-state index is 8.96. The molecule has 0 spiro atoms. The van der Waals surface area contributed by atoms with Crippen molar-refractivity contribution in [1.29, 1.82) is 0 Å². The lowest BCUT2D eigenvalue weighted by atomic mass is 10.0. The minimum atomic E-state index is -4.64. The Bertz CT molecular complexity index is 326. The molecule has 0 amide bonds. The molecule has 0 aromatic carbocycles. The highest BCUT2D eigenvalue weighted by Gasteiger charge is 2.02. The second-order valence-electron chi connectivity index (χ2n) is 7.40. The summed E-state index contributed by atoms with van der Waals surface area (Å²) in [6.45, 7) is 5.06. The number of aliphatic hydroxyl groups excluding tert-OH is 2. The topological polar surface area (TPSA) is 121 Å². The second-order valence-corrected chi connectivity index (χ2v) is 8.42. The lowest BCUT2D eigenvalue weighted by molar-refractivity contribution is 0.159. The molecule has 0 aromatic rings. The minimum Gasteiger partial charge on any atom is -0.395 e.